The number of ether oxygens (including phenoxy) is 1. The molecule has 0 spiro atoms. The fourth-order valence-corrected chi connectivity index (χ4v) is 2.12. The second kappa shape index (κ2) is 6.88. The summed E-state index contributed by atoms with van der Waals surface area (Å²) in [6.07, 6.45) is 0.663. The van der Waals surface area contributed by atoms with E-state index in [1.165, 1.54) is 10.6 Å². The lowest BCUT2D eigenvalue weighted by atomic mass is 10.1. The first kappa shape index (κ1) is 15.9. The average molecular weight is 280 g/mol. The molecule has 110 valence electrons. The summed E-state index contributed by atoms with van der Waals surface area (Å²) >= 11 is 0. The van der Waals surface area contributed by atoms with Crippen LogP contribution in [0, 0.1) is 13.8 Å². The maximum Gasteiger partial charge on any atom is 0.340 e. The van der Waals surface area contributed by atoms with Gasteiger partial charge in [0.25, 0.3) is 5.56 Å². The predicted octanol–water partition coefficient (Wildman–Crippen LogP) is 0.907. The summed E-state index contributed by atoms with van der Waals surface area (Å²) in [6.45, 7) is 5.75. The van der Waals surface area contributed by atoms with Gasteiger partial charge in [-0.15, -0.1) is 0 Å². The van der Waals surface area contributed by atoms with Crippen LogP contribution in [0.1, 0.15) is 41.4 Å². The lowest BCUT2D eigenvalue weighted by Gasteiger charge is -2.15. The van der Waals surface area contributed by atoms with Gasteiger partial charge in [-0.1, -0.05) is 0 Å². The van der Waals surface area contributed by atoms with E-state index in [1.807, 2.05) is 0 Å². The lowest BCUT2D eigenvalue weighted by molar-refractivity contribution is -0.118. The summed E-state index contributed by atoms with van der Waals surface area (Å²) in [5, 5.41) is 0. The Balaban J connectivity index is 3.12. The molecule has 0 bridgehead atoms. The molecule has 1 aromatic heterocycles. The number of hydrogen-bond acceptors (Lipinski definition) is 4. The Morgan fingerprint density at radius 2 is 2.00 bits per heavy atom. The first-order chi connectivity index (χ1) is 9.38. The molecule has 2 N–H and O–H groups in total. The third-order valence-electron chi connectivity index (χ3n) is 3.05. The number of esters is 1. The van der Waals surface area contributed by atoms with Crippen LogP contribution in [0.25, 0.3) is 0 Å². The van der Waals surface area contributed by atoms with Crippen molar-refractivity contribution in [1.82, 2.24) is 4.57 Å². The third kappa shape index (κ3) is 3.69. The van der Waals surface area contributed by atoms with E-state index in [-0.39, 0.29) is 18.6 Å². The van der Waals surface area contributed by atoms with Crippen molar-refractivity contribution in [1.29, 1.82) is 0 Å². The minimum Gasteiger partial charge on any atom is -0.462 e. The molecular formula is C14H20N2O4. The summed E-state index contributed by atoms with van der Waals surface area (Å²) < 4.78 is 6.47. The highest BCUT2D eigenvalue weighted by molar-refractivity contribution is 5.92. The van der Waals surface area contributed by atoms with Gasteiger partial charge in [-0.25, -0.2) is 4.79 Å². The normalized spacial score (nSPS) is 10.3. The number of nitrogens with two attached hydrogens (primary N) is 1. The number of pyridine rings is 1. The van der Waals surface area contributed by atoms with Crippen molar-refractivity contribution in [3.63, 3.8) is 0 Å². The largest absolute Gasteiger partial charge is 0.462 e. The Hall–Kier alpha value is -2.11. The van der Waals surface area contributed by atoms with Gasteiger partial charge in [0.15, 0.2) is 0 Å². The molecule has 6 nitrogen and oxygen atoms in total. The number of primary amides is 1. The van der Waals surface area contributed by atoms with E-state index >= 15 is 0 Å². The van der Waals surface area contributed by atoms with Crippen LogP contribution in [0.5, 0.6) is 0 Å². The molecule has 0 saturated heterocycles. The number of rotatable bonds is 6. The van der Waals surface area contributed by atoms with Crippen LogP contribution >= 0.6 is 0 Å². The zero-order valence-electron chi connectivity index (χ0n) is 12.1. The molecule has 0 aliphatic rings. The summed E-state index contributed by atoms with van der Waals surface area (Å²) in [7, 11) is 0. The van der Waals surface area contributed by atoms with E-state index in [4.69, 9.17) is 10.5 Å². The third-order valence-corrected chi connectivity index (χ3v) is 3.05. The number of amides is 1. The molecule has 1 rings (SSSR count). The summed E-state index contributed by atoms with van der Waals surface area (Å²) in [5.74, 6) is -0.848. The van der Waals surface area contributed by atoms with Crippen LogP contribution in [-0.2, 0) is 16.1 Å². The highest BCUT2D eigenvalue weighted by Crippen LogP contribution is 2.13. The molecule has 0 atom stereocenters. The predicted molar refractivity (Wildman–Crippen MR) is 74.6 cm³/mol. The molecule has 0 aliphatic heterocycles. The summed E-state index contributed by atoms with van der Waals surface area (Å²) in [4.78, 5) is 34.6. The average Bonchev–Trinajstić information content (AvgIpc) is 2.33. The molecule has 0 fully saturated rings. The maximum absolute atomic E-state index is 12.0. The first-order valence-electron chi connectivity index (χ1n) is 6.55. The molecule has 6 heteroatoms. The van der Waals surface area contributed by atoms with Gasteiger partial charge in [0, 0.05) is 24.7 Å². The van der Waals surface area contributed by atoms with Gasteiger partial charge in [0.1, 0.15) is 0 Å². The van der Waals surface area contributed by atoms with Gasteiger partial charge in [-0.2, -0.15) is 0 Å². The highest BCUT2D eigenvalue weighted by Gasteiger charge is 2.17. The van der Waals surface area contributed by atoms with Crippen molar-refractivity contribution in [2.24, 2.45) is 5.73 Å². The molecule has 20 heavy (non-hydrogen) atoms. The SMILES string of the molecule is CCOC(=O)c1c(C)cc(=O)n(CCCC(N)=O)c1C. The summed E-state index contributed by atoms with van der Waals surface area (Å²) in [6, 6.07) is 1.41. The number of carbonyl (C=O) groups is 2. The zero-order valence-corrected chi connectivity index (χ0v) is 12.1. The van der Waals surface area contributed by atoms with Crippen molar-refractivity contribution < 1.29 is 14.3 Å². The molecule has 0 unspecified atom stereocenters. The van der Waals surface area contributed by atoms with Crippen molar-refractivity contribution in [2.75, 3.05) is 6.61 Å². The van der Waals surface area contributed by atoms with Crippen LogP contribution in [0.15, 0.2) is 10.9 Å². The highest BCUT2D eigenvalue weighted by atomic mass is 16.5. The number of carbonyl (C=O) groups excluding carboxylic acids is 2. The second-order valence-corrected chi connectivity index (χ2v) is 4.57. The van der Waals surface area contributed by atoms with Crippen LogP contribution in [0.4, 0.5) is 0 Å². The van der Waals surface area contributed by atoms with Gasteiger partial charge in [0.2, 0.25) is 5.91 Å². The van der Waals surface area contributed by atoms with Gasteiger partial charge in [-0.3, -0.25) is 9.59 Å². The standard InChI is InChI=1S/C14H20N2O4/c1-4-20-14(19)13-9(2)8-12(18)16(10(13)3)7-5-6-11(15)17/h8H,4-7H2,1-3H3,(H2,15,17). The number of hydrogen-bond donors (Lipinski definition) is 1. The fourth-order valence-electron chi connectivity index (χ4n) is 2.12. The second-order valence-electron chi connectivity index (χ2n) is 4.57. The van der Waals surface area contributed by atoms with Gasteiger partial charge in [-0.05, 0) is 32.8 Å². The van der Waals surface area contributed by atoms with Crippen LogP contribution in [0.3, 0.4) is 0 Å². The minimum atomic E-state index is -0.439. The van der Waals surface area contributed by atoms with Gasteiger partial charge >= 0.3 is 5.97 Å². The van der Waals surface area contributed by atoms with Crippen molar-refractivity contribution >= 4 is 11.9 Å². The zero-order chi connectivity index (χ0) is 15.3. The smallest absolute Gasteiger partial charge is 0.340 e. The molecule has 1 heterocycles. The monoisotopic (exact) mass is 280 g/mol. The number of nitrogens with zero attached hydrogens (tertiary/aromatic N) is 1. The van der Waals surface area contributed by atoms with E-state index < -0.39 is 11.9 Å². The summed E-state index contributed by atoms with van der Waals surface area (Å²) in [5.41, 5.74) is 6.43. The Bertz CT molecular complexity index is 575. The minimum absolute atomic E-state index is 0.197. The molecular weight excluding hydrogens is 260 g/mol. The fraction of sp³-hybridized carbons (Fsp3) is 0.500. The van der Waals surface area contributed by atoms with Crippen molar-refractivity contribution in [3.8, 4) is 0 Å². The Morgan fingerprint density at radius 1 is 1.35 bits per heavy atom. The number of aromatic nitrogens is 1. The molecule has 0 saturated carbocycles. The quantitative estimate of drug-likeness (QED) is 0.784. The van der Waals surface area contributed by atoms with E-state index in [9.17, 15) is 14.4 Å². The van der Waals surface area contributed by atoms with Crippen molar-refractivity contribution in [2.45, 2.75) is 40.2 Å². The van der Waals surface area contributed by atoms with E-state index in [0.29, 0.717) is 29.8 Å². The van der Waals surface area contributed by atoms with Crippen molar-refractivity contribution in [3.05, 3.63) is 33.2 Å². The van der Waals surface area contributed by atoms with E-state index in [0.717, 1.165) is 0 Å². The van der Waals surface area contributed by atoms with Gasteiger partial charge in [0.05, 0.1) is 12.2 Å². The van der Waals surface area contributed by atoms with Crippen LogP contribution in [-0.4, -0.2) is 23.1 Å². The number of aryl methyl sites for hydroxylation is 1. The topological polar surface area (TPSA) is 91.4 Å². The van der Waals surface area contributed by atoms with E-state index in [1.54, 1.807) is 20.8 Å². The van der Waals surface area contributed by atoms with Crippen LogP contribution in [0.2, 0.25) is 0 Å². The Morgan fingerprint density at radius 3 is 2.55 bits per heavy atom. The Labute approximate surface area is 117 Å². The molecule has 1 amide bonds. The molecule has 0 radical (unpaired) electrons. The van der Waals surface area contributed by atoms with Crippen LogP contribution < -0.4 is 11.3 Å². The van der Waals surface area contributed by atoms with E-state index in [2.05, 4.69) is 0 Å². The lowest BCUT2D eigenvalue weighted by Crippen LogP contribution is -2.26. The molecule has 0 aromatic carbocycles. The molecule has 0 aliphatic carbocycles. The van der Waals surface area contributed by atoms with Gasteiger partial charge < -0.3 is 15.0 Å². The first-order valence-corrected chi connectivity index (χ1v) is 6.55. The maximum atomic E-state index is 12.0. The Kier molecular flexibility index (Phi) is 5.49. The molecule has 1 aromatic rings.